The smallest absolute Gasteiger partial charge is 0.233 e. The Morgan fingerprint density at radius 1 is 1.19 bits per heavy atom. The van der Waals surface area contributed by atoms with Crippen molar-refractivity contribution in [3.8, 4) is 0 Å². The van der Waals surface area contributed by atoms with Gasteiger partial charge in [-0.2, -0.15) is 0 Å². The first-order valence-corrected chi connectivity index (χ1v) is 6.27. The summed E-state index contributed by atoms with van der Waals surface area (Å²) in [5, 5.41) is 0. The average Bonchev–Trinajstić information content (AvgIpc) is 2.92. The van der Waals surface area contributed by atoms with Crippen molar-refractivity contribution in [1.82, 2.24) is 4.90 Å². The number of amides is 2. The third kappa shape index (κ3) is 1.14. The molecule has 0 N–H and O–H groups in total. The SMILES string of the molecule is CCCCN1C(=O)[C@@H]2[C@H](C1=O)[C@H]1C=C[C@H]2C1. The minimum absolute atomic E-state index is 0.0145. The Morgan fingerprint density at radius 2 is 1.75 bits per heavy atom. The molecule has 0 radical (unpaired) electrons. The monoisotopic (exact) mass is 219 g/mol. The molecule has 0 unspecified atom stereocenters. The number of imide groups is 1. The molecule has 1 heterocycles. The van der Waals surface area contributed by atoms with Crippen LogP contribution in [0.4, 0.5) is 0 Å². The summed E-state index contributed by atoms with van der Waals surface area (Å²) in [6.45, 7) is 2.71. The van der Waals surface area contributed by atoms with Gasteiger partial charge in [-0.25, -0.2) is 0 Å². The summed E-state index contributed by atoms with van der Waals surface area (Å²) in [7, 11) is 0. The maximum Gasteiger partial charge on any atom is 0.233 e. The molecule has 3 heteroatoms. The molecule has 0 aromatic heterocycles. The van der Waals surface area contributed by atoms with Crippen molar-refractivity contribution in [3.63, 3.8) is 0 Å². The van der Waals surface area contributed by atoms with Crippen molar-refractivity contribution < 1.29 is 9.59 Å². The van der Waals surface area contributed by atoms with Gasteiger partial charge in [0.25, 0.3) is 0 Å². The van der Waals surface area contributed by atoms with Gasteiger partial charge in [0.2, 0.25) is 11.8 Å². The van der Waals surface area contributed by atoms with Crippen LogP contribution in [0.1, 0.15) is 26.2 Å². The van der Waals surface area contributed by atoms with Crippen molar-refractivity contribution in [2.24, 2.45) is 23.7 Å². The highest BCUT2D eigenvalue weighted by Gasteiger charge is 2.58. The zero-order valence-corrected chi connectivity index (χ0v) is 9.56. The third-order valence-electron chi connectivity index (χ3n) is 4.30. The topological polar surface area (TPSA) is 37.4 Å². The van der Waals surface area contributed by atoms with E-state index >= 15 is 0 Å². The van der Waals surface area contributed by atoms with Crippen LogP contribution in [-0.4, -0.2) is 23.3 Å². The van der Waals surface area contributed by atoms with Crippen LogP contribution in [0.15, 0.2) is 12.2 Å². The summed E-state index contributed by atoms with van der Waals surface area (Å²) in [6.07, 6.45) is 7.26. The number of likely N-dealkylation sites (tertiary alicyclic amines) is 1. The van der Waals surface area contributed by atoms with E-state index in [2.05, 4.69) is 19.1 Å². The Morgan fingerprint density at radius 3 is 2.25 bits per heavy atom. The molecule has 3 nitrogen and oxygen atoms in total. The molecule has 3 rings (SSSR count). The minimum atomic E-state index is -0.0145. The van der Waals surface area contributed by atoms with Gasteiger partial charge in [0.05, 0.1) is 11.8 Å². The average molecular weight is 219 g/mol. The molecule has 0 spiro atoms. The Hall–Kier alpha value is -1.12. The van der Waals surface area contributed by atoms with Crippen LogP contribution in [0, 0.1) is 23.7 Å². The fourth-order valence-corrected chi connectivity index (χ4v) is 3.50. The van der Waals surface area contributed by atoms with E-state index in [1.807, 2.05) is 0 Å². The van der Waals surface area contributed by atoms with Gasteiger partial charge in [0, 0.05) is 6.54 Å². The standard InChI is InChI=1S/C13H17NO2/c1-2-3-6-14-12(15)10-8-4-5-9(7-8)11(10)13(14)16/h4-5,8-11H,2-3,6-7H2,1H3/t8-,9-,10-,11+/m0/s1. The number of fused-ring (bicyclic) bond motifs is 5. The first-order valence-electron chi connectivity index (χ1n) is 6.27. The number of carbonyl (C=O) groups is 2. The Kier molecular flexibility index (Phi) is 2.16. The van der Waals surface area contributed by atoms with Gasteiger partial charge in [0.1, 0.15) is 0 Å². The summed E-state index contributed by atoms with van der Waals surface area (Å²) >= 11 is 0. The number of rotatable bonds is 3. The fourth-order valence-electron chi connectivity index (χ4n) is 3.50. The maximum atomic E-state index is 12.2. The fraction of sp³-hybridized carbons (Fsp3) is 0.692. The van der Waals surface area contributed by atoms with Crippen molar-refractivity contribution in [2.75, 3.05) is 6.54 Å². The van der Waals surface area contributed by atoms with Crippen LogP contribution >= 0.6 is 0 Å². The molecule has 1 saturated heterocycles. The first-order chi connectivity index (χ1) is 7.74. The summed E-state index contributed by atoms with van der Waals surface area (Å²) in [5.41, 5.74) is 0. The van der Waals surface area contributed by atoms with Gasteiger partial charge in [0.15, 0.2) is 0 Å². The quantitative estimate of drug-likeness (QED) is 0.534. The predicted octanol–water partition coefficient (Wildman–Crippen LogP) is 1.59. The maximum absolute atomic E-state index is 12.2. The molecule has 2 fully saturated rings. The summed E-state index contributed by atoms with van der Waals surface area (Å²) in [5.74, 6) is 0.857. The van der Waals surface area contributed by atoms with Crippen LogP contribution < -0.4 is 0 Å². The second-order valence-electron chi connectivity index (χ2n) is 5.18. The molecule has 2 bridgehead atoms. The Bertz CT molecular complexity index is 344. The number of allylic oxidation sites excluding steroid dienone is 2. The normalized spacial score (nSPS) is 39.9. The zero-order chi connectivity index (χ0) is 11.3. The van der Waals surface area contributed by atoms with E-state index in [1.165, 1.54) is 4.90 Å². The number of unbranched alkanes of at least 4 members (excludes halogenated alkanes) is 1. The second-order valence-corrected chi connectivity index (χ2v) is 5.18. The molecule has 0 aromatic carbocycles. The van der Waals surface area contributed by atoms with Crippen LogP contribution in [-0.2, 0) is 9.59 Å². The second kappa shape index (κ2) is 3.44. The summed E-state index contributed by atoms with van der Waals surface area (Å²) in [6, 6.07) is 0. The largest absolute Gasteiger partial charge is 0.282 e. The van der Waals surface area contributed by atoms with E-state index in [0.29, 0.717) is 18.4 Å². The summed E-state index contributed by atoms with van der Waals surface area (Å²) < 4.78 is 0. The van der Waals surface area contributed by atoms with Crippen molar-refractivity contribution in [2.45, 2.75) is 26.2 Å². The van der Waals surface area contributed by atoms with Gasteiger partial charge in [-0.05, 0) is 24.7 Å². The molecule has 2 aliphatic carbocycles. The van der Waals surface area contributed by atoms with Crippen molar-refractivity contribution >= 4 is 11.8 Å². The molecule has 16 heavy (non-hydrogen) atoms. The van der Waals surface area contributed by atoms with E-state index in [1.54, 1.807) is 0 Å². The Balaban J connectivity index is 1.83. The van der Waals surface area contributed by atoms with E-state index in [9.17, 15) is 9.59 Å². The van der Waals surface area contributed by atoms with Gasteiger partial charge in [-0.15, -0.1) is 0 Å². The summed E-state index contributed by atoms with van der Waals surface area (Å²) in [4.78, 5) is 25.8. The van der Waals surface area contributed by atoms with Crippen LogP contribution in [0.5, 0.6) is 0 Å². The van der Waals surface area contributed by atoms with Gasteiger partial charge < -0.3 is 0 Å². The van der Waals surface area contributed by atoms with Gasteiger partial charge in [-0.1, -0.05) is 25.5 Å². The van der Waals surface area contributed by atoms with Gasteiger partial charge >= 0.3 is 0 Å². The molecular formula is C13H17NO2. The molecule has 1 saturated carbocycles. The highest BCUT2D eigenvalue weighted by atomic mass is 16.2. The molecule has 0 aromatic rings. The lowest BCUT2D eigenvalue weighted by molar-refractivity contribution is -0.140. The molecule has 86 valence electrons. The number of carbonyl (C=O) groups excluding carboxylic acids is 2. The Labute approximate surface area is 95.5 Å². The number of hydrogen-bond donors (Lipinski definition) is 0. The number of hydrogen-bond acceptors (Lipinski definition) is 2. The van der Waals surface area contributed by atoms with E-state index in [0.717, 1.165) is 19.3 Å². The highest BCUT2D eigenvalue weighted by Crippen LogP contribution is 2.52. The van der Waals surface area contributed by atoms with E-state index in [-0.39, 0.29) is 23.7 Å². The van der Waals surface area contributed by atoms with Crippen molar-refractivity contribution in [3.05, 3.63) is 12.2 Å². The molecule has 3 aliphatic rings. The lowest BCUT2D eigenvalue weighted by Gasteiger charge is -2.16. The molecule has 1 aliphatic heterocycles. The van der Waals surface area contributed by atoms with Crippen LogP contribution in [0.2, 0.25) is 0 Å². The van der Waals surface area contributed by atoms with E-state index in [4.69, 9.17) is 0 Å². The highest BCUT2D eigenvalue weighted by molar-refractivity contribution is 6.06. The van der Waals surface area contributed by atoms with E-state index < -0.39 is 0 Å². The third-order valence-corrected chi connectivity index (χ3v) is 4.30. The van der Waals surface area contributed by atoms with Gasteiger partial charge in [-0.3, -0.25) is 14.5 Å². The molecule has 2 amide bonds. The number of nitrogens with zero attached hydrogens (tertiary/aromatic N) is 1. The lowest BCUT2D eigenvalue weighted by Crippen LogP contribution is -2.33. The van der Waals surface area contributed by atoms with Crippen LogP contribution in [0.3, 0.4) is 0 Å². The lowest BCUT2D eigenvalue weighted by atomic mass is 9.85. The molecular weight excluding hydrogens is 202 g/mol. The predicted molar refractivity (Wildman–Crippen MR) is 59.3 cm³/mol. The molecule has 4 atom stereocenters. The zero-order valence-electron chi connectivity index (χ0n) is 9.56. The van der Waals surface area contributed by atoms with Crippen LogP contribution in [0.25, 0.3) is 0 Å². The minimum Gasteiger partial charge on any atom is -0.282 e. The first kappa shape index (κ1) is 10.1. The van der Waals surface area contributed by atoms with Crippen molar-refractivity contribution in [1.29, 1.82) is 0 Å².